The Balaban J connectivity index is 2.68. The minimum Gasteiger partial charge on any atom is -0.497 e. The first-order chi connectivity index (χ1) is 7.76. The van der Waals surface area contributed by atoms with Crippen molar-refractivity contribution in [1.82, 2.24) is 0 Å². The van der Waals surface area contributed by atoms with E-state index in [0.29, 0.717) is 0 Å². The summed E-state index contributed by atoms with van der Waals surface area (Å²) in [5.74, 6) is 0.730. The van der Waals surface area contributed by atoms with E-state index in [2.05, 4.69) is 0 Å². The standard InChI is InChI=1S/C14H14O2/c1-10(9-15)13-5-3-4-11-6-7-12(16-2)8-14(11)13/h3-10H,1-2H3. The summed E-state index contributed by atoms with van der Waals surface area (Å²) in [7, 11) is 1.65. The van der Waals surface area contributed by atoms with Gasteiger partial charge in [0.05, 0.1) is 7.11 Å². The number of hydrogen-bond donors (Lipinski definition) is 0. The number of methoxy groups -OCH3 is 1. The second-order valence-corrected chi connectivity index (χ2v) is 3.86. The van der Waals surface area contributed by atoms with Crippen LogP contribution in [0.5, 0.6) is 5.75 Å². The van der Waals surface area contributed by atoms with E-state index >= 15 is 0 Å². The average molecular weight is 214 g/mol. The molecule has 0 spiro atoms. The van der Waals surface area contributed by atoms with E-state index in [9.17, 15) is 4.79 Å². The van der Waals surface area contributed by atoms with Crippen LogP contribution in [0.3, 0.4) is 0 Å². The van der Waals surface area contributed by atoms with Gasteiger partial charge in [-0.25, -0.2) is 0 Å². The smallest absolute Gasteiger partial charge is 0.127 e. The lowest BCUT2D eigenvalue weighted by Gasteiger charge is -2.10. The second-order valence-electron chi connectivity index (χ2n) is 3.86. The van der Waals surface area contributed by atoms with Crippen molar-refractivity contribution in [2.75, 3.05) is 7.11 Å². The van der Waals surface area contributed by atoms with Gasteiger partial charge in [0.1, 0.15) is 12.0 Å². The Morgan fingerprint density at radius 2 is 2.06 bits per heavy atom. The van der Waals surface area contributed by atoms with Crippen LogP contribution in [0.2, 0.25) is 0 Å². The van der Waals surface area contributed by atoms with Crippen molar-refractivity contribution in [2.24, 2.45) is 0 Å². The Morgan fingerprint density at radius 3 is 2.75 bits per heavy atom. The third kappa shape index (κ3) is 1.78. The summed E-state index contributed by atoms with van der Waals surface area (Å²) in [5, 5.41) is 2.22. The van der Waals surface area contributed by atoms with Gasteiger partial charge in [0.2, 0.25) is 0 Å². The maximum absolute atomic E-state index is 10.9. The molecule has 0 heterocycles. The number of carbonyl (C=O) groups excluding carboxylic acids is 1. The van der Waals surface area contributed by atoms with Gasteiger partial charge in [0.15, 0.2) is 0 Å². The molecule has 2 rings (SSSR count). The van der Waals surface area contributed by atoms with Gasteiger partial charge >= 0.3 is 0 Å². The topological polar surface area (TPSA) is 26.3 Å². The average Bonchev–Trinajstić information content (AvgIpc) is 2.36. The molecule has 0 saturated carbocycles. The third-order valence-electron chi connectivity index (χ3n) is 2.82. The van der Waals surface area contributed by atoms with E-state index in [1.807, 2.05) is 43.3 Å². The van der Waals surface area contributed by atoms with E-state index < -0.39 is 0 Å². The monoisotopic (exact) mass is 214 g/mol. The van der Waals surface area contributed by atoms with Crippen LogP contribution in [0.4, 0.5) is 0 Å². The molecule has 0 aliphatic heterocycles. The highest BCUT2D eigenvalue weighted by Gasteiger charge is 2.08. The molecular formula is C14H14O2. The molecule has 1 unspecified atom stereocenters. The summed E-state index contributed by atoms with van der Waals surface area (Å²) >= 11 is 0. The van der Waals surface area contributed by atoms with E-state index in [-0.39, 0.29) is 5.92 Å². The summed E-state index contributed by atoms with van der Waals surface area (Å²) in [6.45, 7) is 1.90. The summed E-state index contributed by atoms with van der Waals surface area (Å²) in [5.41, 5.74) is 1.05. The SMILES string of the molecule is COc1ccc2cccc(C(C)C=O)c2c1. The van der Waals surface area contributed by atoms with E-state index in [4.69, 9.17) is 4.74 Å². The molecule has 2 nitrogen and oxygen atoms in total. The molecule has 2 aromatic rings. The minimum absolute atomic E-state index is 0.0872. The molecule has 0 aliphatic carbocycles. The summed E-state index contributed by atoms with van der Waals surface area (Å²) in [6, 6.07) is 11.9. The number of benzene rings is 2. The molecule has 16 heavy (non-hydrogen) atoms. The molecule has 0 saturated heterocycles. The minimum atomic E-state index is -0.0872. The van der Waals surface area contributed by atoms with Crippen molar-refractivity contribution in [3.63, 3.8) is 0 Å². The molecule has 1 atom stereocenters. The molecule has 0 aliphatic rings. The van der Waals surface area contributed by atoms with Crippen LogP contribution in [0.1, 0.15) is 18.4 Å². The maximum Gasteiger partial charge on any atom is 0.127 e. The largest absolute Gasteiger partial charge is 0.497 e. The van der Waals surface area contributed by atoms with E-state index in [1.165, 1.54) is 0 Å². The normalized spacial score (nSPS) is 12.4. The zero-order valence-electron chi connectivity index (χ0n) is 9.44. The van der Waals surface area contributed by atoms with Crippen LogP contribution in [-0.4, -0.2) is 13.4 Å². The summed E-state index contributed by atoms with van der Waals surface area (Å²) < 4.78 is 5.20. The number of carbonyl (C=O) groups is 1. The van der Waals surface area contributed by atoms with Crippen LogP contribution in [0.25, 0.3) is 10.8 Å². The van der Waals surface area contributed by atoms with Crippen molar-refractivity contribution in [2.45, 2.75) is 12.8 Å². The van der Waals surface area contributed by atoms with Crippen LogP contribution in [0, 0.1) is 0 Å². The second kappa shape index (κ2) is 4.35. The van der Waals surface area contributed by atoms with Crippen LogP contribution in [-0.2, 0) is 4.79 Å². The Bertz CT molecular complexity index is 517. The zero-order chi connectivity index (χ0) is 11.5. The molecule has 0 amide bonds. The molecule has 0 radical (unpaired) electrons. The lowest BCUT2D eigenvalue weighted by Crippen LogP contribution is -1.95. The number of hydrogen-bond acceptors (Lipinski definition) is 2. The van der Waals surface area contributed by atoms with Gasteiger partial charge in [-0.2, -0.15) is 0 Å². The van der Waals surface area contributed by atoms with Gasteiger partial charge in [-0.1, -0.05) is 31.2 Å². The summed E-state index contributed by atoms with van der Waals surface area (Å²) in [6.07, 6.45) is 0.967. The van der Waals surface area contributed by atoms with Crippen molar-refractivity contribution in [3.05, 3.63) is 42.0 Å². The Labute approximate surface area is 94.8 Å². The lowest BCUT2D eigenvalue weighted by atomic mass is 9.96. The fraction of sp³-hybridized carbons (Fsp3) is 0.214. The van der Waals surface area contributed by atoms with Crippen molar-refractivity contribution in [1.29, 1.82) is 0 Å². The van der Waals surface area contributed by atoms with Gasteiger partial charge in [-0.05, 0) is 28.5 Å². The molecule has 0 N–H and O–H groups in total. The predicted octanol–water partition coefficient (Wildman–Crippen LogP) is 3.15. The van der Waals surface area contributed by atoms with Crippen molar-refractivity contribution < 1.29 is 9.53 Å². The van der Waals surface area contributed by atoms with Crippen LogP contribution in [0.15, 0.2) is 36.4 Å². The van der Waals surface area contributed by atoms with Gasteiger partial charge in [-0.15, -0.1) is 0 Å². The Kier molecular flexibility index (Phi) is 2.91. The Hall–Kier alpha value is -1.83. The van der Waals surface area contributed by atoms with Crippen LogP contribution >= 0.6 is 0 Å². The van der Waals surface area contributed by atoms with Gasteiger partial charge in [0.25, 0.3) is 0 Å². The molecule has 0 bridgehead atoms. The molecule has 2 aromatic carbocycles. The highest BCUT2D eigenvalue weighted by Crippen LogP contribution is 2.27. The number of rotatable bonds is 3. The van der Waals surface area contributed by atoms with E-state index in [0.717, 1.165) is 28.4 Å². The Morgan fingerprint density at radius 1 is 1.25 bits per heavy atom. The van der Waals surface area contributed by atoms with Crippen molar-refractivity contribution >= 4 is 17.1 Å². The fourth-order valence-corrected chi connectivity index (χ4v) is 1.87. The first kappa shape index (κ1) is 10.7. The number of ether oxygens (including phenoxy) is 1. The quantitative estimate of drug-likeness (QED) is 0.734. The predicted molar refractivity (Wildman–Crippen MR) is 65.0 cm³/mol. The zero-order valence-corrected chi connectivity index (χ0v) is 9.44. The maximum atomic E-state index is 10.9. The van der Waals surface area contributed by atoms with Gasteiger partial charge < -0.3 is 9.53 Å². The summed E-state index contributed by atoms with van der Waals surface area (Å²) in [4.78, 5) is 10.9. The first-order valence-corrected chi connectivity index (χ1v) is 5.28. The molecule has 2 heteroatoms. The van der Waals surface area contributed by atoms with Gasteiger partial charge in [-0.3, -0.25) is 0 Å². The molecule has 82 valence electrons. The first-order valence-electron chi connectivity index (χ1n) is 5.28. The van der Waals surface area contributed by atoms with Crippen molar-refractivity contribution in [3.8, 4) is 5.75 Å². The number of fused-ring (bicyclic) bond motifs is 1. The number of aldehydes is 1. The highest BCUT2D eigenvalue weighted by atomic mass is 16.5. The molecular weight excluding hydrogens is 200 g/mol. The molecule has 0 aromatic heterocycles. The highest BCUT2D eigenvalue weighted by molar-refractivity contribution is 5.89. The third-order valence-corrected chi connectivity index (χ3v) is 2.82. The molecule has 0 fully saturated rings. The van der Waals surface area contributed by atoms with E-state index in [1.54, 1.807) is 7.11 Å². The van der Waals surface area contributed by atoms with Gasteiger partial charge in [0, 0.05) is 5.92 Å². The fourth-order valence-electron chi connectivity index (χ4n) is 1.87. The lowest BCUT2D eigenvalue weighted by molar-refractivity contribution is -0.108. The van der Waals surface area contributed by atoms with Crippen LogP contribution < -0.4 is 4.74 Å².